The van der Waals surface area contributed by atoms with E-state index >= 15 is 0 Å². The van der Waals surface area contributed by atoms with Gasteiger partial charge in [0, 0.05) is 23.2 Å². The fraction of sp³-hybridized carbons (Fsp3) is 0.533. The van der Waals surface area contributed by atoms with Crippen molar-refractivity contribution >= 4 is 33.4 Å². The van der Waals surface area contributed by atoms with Crippen molar-refractivity contribution in [2.45, 2.75) is 26.4 Å². The van der Waals surface area contributed by atoms with E-state index in [4.69, 9.17) is 9.47 Å². The van der Waals surface area contributed by atoms with E-state index in [2.05, 4.69) is 26.1 Å². The van der Waals surface area contributed by atoms with Crippen LogP contribution >= 0.6 is 15.9 Å². The van der Waals surface area contributed by atoms with Crippen LogP contribution in [-0.4, -0.2) is 38.0 Å². The smallest absolute Gasteiger partial charge is 0.412 e. The number of anilines is 2. The molecular formula is C15H21BrN2O3. The molecule has 0 radical (unpaired) electrons. The Morgan fingerprint density at radius 3 is 2.62 bits per heavy atom. The molecule has 0 atom stereocenters. The van der Waals surface area contributed by atoms with Gasteiger partial charge in [-0.1, -0.05) is 0 Å². The largest absolute Gasteiger partial charge is 0.444 e. The Labute approximate surface area is 133 Å². The summed E-state index contributed by atoms with van der Waals surface area (Å²) in [5.74, 6) is 0. The van der Waals surface area contributed by atoms with Crippen molar-refractivity contribution in [3.05, 3.63) is 22.7 Å². The Kier molecular flexibility index (Phi) is 5.11. The van der Waals surface area contributed by atoms with E-state index in [0.717, 1.165) is 36.5 Å². The highest BCUT2D eigenvalue weighted by Gasteiger charge is 2.18. The lowest BCUT2D eigenvalue weighted by Crippen LogP contribution is -2.36. The van der Waals surface area contributed by atoms with Crippen molar-refractivity contribution < 1.29 is 14.3 Å². The zero-order valence-corrected chi connectivity index (χ0v) is 14.2. The second-order valence-corrected chi connectivity index (χ2v) is 6.74. The van der Waals surface area contributed by atoms with E-state index in [1.54, 1.807) is 0 Å². The molecule has 0 aliphatic carbocycles. The second kappa shape index (κ2) is 6.66. The molecule has 0 aromatic heterocycles. The van der Waals surface area contributed by atoms with E-state index in [0.29, 0.717) is 5.69 Å². The maximum Gasteiger partial charge on any atom is 0.412 e. The Balaban J connectivity index is 2.10. The lowest BCUT2D eigenvalue weighted by Gasteiger charge is -2.29. The molecule has 6 heteroatoms. The zero-order chi connectivity index (χ0) is 15.5. The van der Waals surface area contributed by atoms with Gasteiger partial charge in [0.25, 0.3) is 0 Å². The minimum Gasteiger partial charge on any atom is -0.444 e. The summed E-state index contributed by atoms with van der Waals surface area (Å²) in [6.07, 6.45) is -0.456. The van der Waals surface area contributed by atoms with E-state index < -0.39 is 11.7 Å². The van der Waals surface area contributed by atoms with Crippen LogP contribution in [0.4, 0.5) is 16.2 Å². The van der Waals surface area contributed by atoms with Crippen LogP contribution in [0.5, 0.6) is 0 Å². The second-order valence-electron chi connectivity index (χ2n) is 5.89. The first-order valence-corrected chi connectivity index (χ1v) is 7.77. The fourth-order valence-electron chi connectivity index (χ4n) is 2.04. The molecule has 1 saturated heterocycles. The van der Waals surface area contributed by atoms with Crippen LogP contribution in [0.15, 0.2) is 22.7 Å². The van der Waals surface area contributed by atoms with Gasteiger partial charge in [0.05, 0.1) is 18.9 Å². The van der Waals surface area contributed by atoms with Gasteiger partial charge in [0.15, 0.2) is 0 Å². The highest BCUT2D eigenvalue weighted by Crippen LogP contribution is 2.29. The van der Waals surface area contributed by atoms with Crippen LogP contribution in [0, 0.1) is 0 Å². The van der Waals surface area contributed by atoms with Crippen molar-refractivity contribution in [1.29, 1.82) is 0 Å². The third-order valence-corrected chi connectivity index (χ3v) is 3.65. The zero-order valence-electron chi connectivity index (χ0n) is 12.6. The minimum atomic E-state index is -0.515. The first-order valence-electron chi connectivity index (χ1n) is 6.97. The van der Waals surface area contributed by atoms with Crippen molar-refractivity contribution in [1.82, 2.24) is 0 Å². The van der Waals surface area contributed by atoms with Gasteiger partial charge < -0.3 is 14.4 Å². The van der Waals surface area contributed by atoms with Crippen molar-refractivity contribution in [3.63, 3.8) is 0 Å². The molecular weight excluding hydrogens is 336 g/mol. The molecule has 0 spiro atoms. The van der Waals surface area contributed by atoms with Gasteiger partial charge in [-0.3, -0.25) is 5.32 Å². The molecule has 1 N–H and O–H groups in total. The van der Waals surface area contributed by atoms with Crippen LogP contribution in [0.1, 0.15) is 20.8 Å². The molecule has 1 aromatic carbocycles. The number of nitrogens with one attached hydrogen (secondary N) is 1. The predicted molar refractivity (Wildman–Crippen MR) is 87.0 cm³/mol. The molecule has 1 heterocycles. The summed E-state index contributed by atoms with van der Waals surface area (Å²) in [5, 5.41) is 2.78. The number of carbonyl (C=O) groups is 1. The van der Waals surface area contributed by atoms with Crippen molar-refractivity contribution in [2.75, 3.05) is 36.5 Å². The Morgan fingerprint density at radius 1 is 1.33 bits per heavy atom. The molecule has 5 nitrogen and oxygen atoms in total. The number of hydrogen-bond acceptors (Lipinski definition) is 4. The Hall–Kier alpha value is -1.27. The number of hydrogen-bond donors (Lipinski definition) is 1. The van der Waals surface area contributed by atoms with Gasteiger partial charge in [0.2, 0.25) is 0 Å². The lowest BCUT2D eigenvalue weighted by molar-refractivity contribution is 0.0636. The molecule has 1 aromatic rings. The maximum absolute atomic E-state index is 11.9. The van der Waals surface area contributed by atoms with E-state index in [9.17, 15) is 4.79 Å². The molecule has 0 bridgehead atoms. The number of halogens is 1. The lowest BCUT2D eigenvalue weighted by atomic mass is 10.2. The molecule has 1 aliphatic heterocycles. The van der Waals surface area contributed by atoms with Crippen LogP contribution in [-0.2, 0) is 9.47 Å². The molecule has 21 heavy (non-hydrogen) atoms. The first-order chi connectivity index (χ1) is 9.85. The monoisotopic (exact) mass is 356 g/mol. The summed E-state index contributed by atoms with van der Waals surface area (Å²) in [5.41, 5.74) is 1.25. The number of benzene rings is 1. The van der Waals surface area contributed by atoms with E-state index in [1.165, 1.54) is 0 Å². The quantitative estimate of drug-likeness (QED) is 0.878. The minimum absolute atomic E-state index is 0.456. The molecule has 1 amide bonds. The standard InChI is InChI=1S/C15H21BrN2O3/c1-15(2,3)21-14(19)17-13-10-11(4-5-12(13)16)18-6-8-20-9-7-18/h4-5,10H,6-9H2,1-3H3,(H,17,19). The van der Waals surface area contributed by atoms with E-state index in [-0.39, 0.29) is 0 Å². The van der Waals surface area contributed by atoms with Crippen LogP contribution in [0.3, 0.4) is 0 Å². The van der Waals surface area contributed by atoms with Crippen LogP contribution in [0.25, 0.3) is 0 Å². The highest BCUT2D eigenvalue weighted by atomic mass is 79.9. The van der Waals surface area contributed by atoms with Gasteiger partial charge in [-0.25, -0.2) is 4.79 Å². The van der Waals surface area contributed by atoms with Gasteiger partial charge in [-0.05, 0) is 54.9 Å². The number of morpholine rings is 1. The van der Waals surface area contributed by atoms with Crippen LogP contribution in [0.2, 0.25) is 0 Å². The third kappa shape index (κ3) is 4.89. The van der Waals surface area contributed by atoms with Crippen molar-refractivity contribution in [3.8, 4) is 0 Å². The maximum atomic E-state index is 11.9. The average molecular weight is 357 g/mol. The number of rotatable bonds is 2. The third-order valence-electron chi connectivity index (χ3n) is 2.96. The van der Waals surface area contributed by atoms with Crippen LogP contribution < -0.4 is 10.2 Å². The SMILES string of the molecule is CC(C)(C)OC(=O)Nc1cc(N2CCOCC2)ccc1Br. The van der Waals surface area contributed by atoms with Gasteiger partial charge in [-0.15, -0.1) is 0 Å². The Bertz CT molecular complexity index is 508. The van der Waals surface area contributed by atoms with E-state index in [1.807, 2.05) is 39.0 Å². The van der Waals surface area contributed by atoms with Gasteiger partial charge in [0.1, 0.15) is 5.60 Å². The summed E-state index contributed by atoms with van der Waals surface area (Å²) in [7, 11) is 0. The highest BCUT2D eigenvalue weighted by molar-refractivity contribution is 9.10. The molecule has 0 unspecified atom stereocenters. The number of ether oxygens (including phenoxy) is 2. The normalized spacial score (nSPS) is 15.7. The summed E-state index contributed by atoms with van der Waals surface area (Å²) >= 11 is 3.45. The molecule has 0 saturated carbocycles. The topological polar surface area (TPSA) is 50.8 Å². The summed E-state index contributed by atoms with van der Waals surface area (Å²) in [6.45, 7) is 8.68. The summed E-state index contributed by atoms with van der Waals surface area (Å²) < 4.78 is 11.5. The first kappa shape index (κ1) is 16.1. The Morgan fingerprint density at radius 2 is 2.00 bits per heavy atom. The number of carbonyl (C=O) groups excluding carboxylic acids is 1. The van der Waals surface area contributed by atoms with Crippen molar-refractivity contribution in [2.24, 2.45) is 0 Å². The fourth-order valence-corrected chi connectivity index (χ4v) is 2.39. The van der Waals surface area contributed by atoms with Gasteiger partial charge >= 0.3 is 6.09 Å². The molecule has 1 fully saturated rings. The predicted octanol–water partition coefficient (Wildman–Crippen LogP) is 3.63. The molecule has 2 rings (SSSR count). The number of amides is 1. The molecule has 1 aliphatic rings. The number of nitrogens with zero attached hydrogens (tertiary/aromatic N) is 1. The van der Waals surface area contributed by atoms with Gasteiger partial charge in [-0.2, -0.15) is 0 Å². The summed E-state index contributed by atoms with van der Waals surface area (Å²) in [6, 6.07) is 5.90. The molecule has 116 valence electrons. The summed E-state index contributed by atoms with van der Waals surface area (Å²) in [4.78, 5) is 14.1. The average Bonchev–Trinajstić information content (AvgIpc) is 2.40.